The second kappa shape index (κ2) is 6.70. The van der Waals surface area contributed by atoms with E-state index in [2.05, 4.69) is 9.98 Å². The van der Waals surface area contributed by atoms with Crippen molar-refractivity contribution in [2.75, 3.05) is 13.2 Å². The monoisotopic (exact) mass is 206 g/mol. The molecule has 1 aromatic heterocycles. The smallest absolute Gasteiger partial charge is 0.307 e. The van der Waals surface area contributed by atoms with Crippen LogP contribution in [0.2, 0.25) is 0 Å². The molecule has 0 amide bonds. The SMILES string of the molecule is CCOC(=O)CCN=Cc1ccccn1. The second-order valence-corrected chi connectivity index (χ2v) is 2.84. The molecule has 1 rings (SSSR count). The fourth-order valence-corrected chi connectivity index (χ4v) is 0.999. The summed E-state index contributed by atoms with van der Waals surface area (Å²) < 4.78 is 4.77. The first-order valence-electron chi connectivity index (χ1n) is 4.89. The van der Waals surface area contributed by atoms with Crippen LogP contribution in [-0.2, 0) is 9.53 Å². The number of rotatable bonds is 5. The number of hydrogen-bond acceptors (Lipinski definition) is 4. The molecule has 0 saturated heterocycles. The third-order valence-corrected chi connectivity index (χ3v) is 1.66. The molecule has 1 heterocycles. The molecule has 0 aliphatic heterocycles. The van der Waals surface area contributed by atoms with Crippen molar-refractivity contribution in [3.63, 3.8) is 0 Å². The standard InChI is InChI=1S/C11H14N2O2/c1-2-15-11(14)6-8-12-9-10-5-3-4-7-13-10/h3-5,7,9H,2,6,8H2,1H3. The average Bonchev–Trinajstić information content (AvgIpc) is 2.26. The first-order valence-corrected chi connectivity index (χ1v) is 4.89. The zero-order chi connectivity index (χ0) is 10.9. The molecule has 0 spiro atoms. The van der Waals surface area contributed by atoms with Gasteiger partial charge in [-0.25, -0.2) is 0 Å². The highest BCUT2D eigenvalue weighted by molar-refractivity contribution is 5.77. The van der Waals surface area contributed by atoms with Gasteiger partial charge in [0.25, 0.3) is 0 Å². The van der Waals surface area contributed by atoms with E-state index in [9.17, 15) is 4.79 Å². The number of nitrogens with zero attached hydrogens (tertiary/aromatic N) is 2. The molecular weight excluding hydrogens is 192 g/mol. The molecule has 0 N–H and O–H groups in total. The van der Waals surface area contributed by atoms with Crippen LogP contribution in [0.15, 0.2) is 29.4 Å². The Morgan fingerprint density at radius 3 is 3.13 bits per heavy atom. The molecule has 0 bridgehead atoms. The summed E-state index contributed by atoms with van der Waals surface area (Å²) in [6.07, 6.45) is 3.67. The topological polar surface area (TPSA) is 51.5 Å². The van der Waals surface area contributed by atoms with E-state index in [0.29, 0.717) is 19.6 Å². The van der Waals surface area contributed by atoms with Crippen LogP contribution in [-0.4, -0.2) is 30.3 Å². The fraction of sp³-hybridized carbons (Fsp3) is 0.364. The van der Waals surface area contributed by atoms with Crippen molar-refractivity contribution < 1.29 is 9.53 Å². The van der Waals surface area contributed by atoms with Crippen LogP contribution in [0, 0.1) is 0 Å². The van der Waals surface area contributed by atoms with Crippen LogP contribution in [0.4, 0.5) is 0 Å². The van der Waals surface area contributed by atoms with Crippen LogP contribution >= 0.6 is 0 Å². The Morgan fingerprint density at radius 1 is 1.60 bits per heavy atom. The molecule has 4 heteroatoms. The van der Waals surface area contributed by atoms with E-state index in [1.807, 2.05) is 18.2 Å². The maximum absolute atomic E-state index is 10.9. The molecule has 1 aromatic rings. The van der Waals surface area contributed by atoms with Gasteiger partial charge in [-0.3, -0.25) is 14.8 Å². The number of aromatic nitrogens is 1. The minimum atomic E-state index is -0.212. The largest absolute Gasteiger partial charge is 0.466 e. The van der Waals surface area contributed by atoms with Crippen molar-refractivity contribution in [1.82, 2.24) is 4.98 Å². The number of carbonyl (C=O) groups excluding carboxylic acids is 1. The van der Waals surface area contributed by atoms with Gasteiger partial charge in [-0.2, -0.15) is 0 Å². The number of esters is 1. The predicted octanol–water partition coefficient (Wildman–Crippen LogP) is 1.45. The van der Waals surface area contributed by atoms with Crippen LogP contribution in [0.5, 0.6) is 0 Å². The van der Waals surface area contributed by atoms with E-state index in [0.717, 1.165) is 5.69 Å². The van der Waals surface area contributed by atoms with Gasteiger partial charge in [-0.05, 0) is 19.1 Å². The van der Waals surface area contributed by atoms with Gasteiger partial charge in [0.1, 0.15) is 0 Å². The summed E-state index contributed by atoms with van der Waals surface area (Å²) in [5, 5.41) is 0. The molecule has 0 unspecified atom stereocenters. The third kappa shape index (κ3) is 4.90. The lowest BCUT2D eigenvalue weighted by Crippen LogP contribution is -2.05. The molecule has 15 heavy (non-hydrogen) atoms. The van der Waals surface area contributed by atoms with Gasteiger partial charge in [0.15, 0.2) is 0 Å². The van der Waals surface area contributed by atoms with Crippen molar-refractivity contribution in [2.45, 2.75) is 13.3 Å². The van der Waals surface area contributed by atoms with Gasteiger partial charge in [-0.15, -0.1) is 0 Å². The molecule has 80 valence electrons. The molecule has 0 aliphatic carbocycles. The molecule has 0 radical (unpaired) electrons. The van der Waals surface area contributed by atoms with Crippen LogP contribution in [0.3, 0.4) is 0 Å². The molecule has 0 saturated carbocycles. The summed E-state index contributed by atoms with van der Waals surface area (Å²) in [5.41, 5.74) is 0.793. The first-order chi connectivity index (χ1) is 7.33. The van der Waals surface area contributed by atoms with E-state index >= 15 is 0 Å². The zero-order valence-corrected chi connectivity index (χ0v) is 8.72. The minimum Gasteiger partial charge on any atom is -0.466 e. The van der Waals surface area contributed by atoms with E-state index < -0.39 is 0 Å². The summed E-state index contributed by atoms with van der Waals surface area (Å²) in [6, 6.07) is 5.59. The Hall–Kier alpha value is -1.71. The van der Waals surface area contributed by atoms with Crippen LogP contribution < -0.4 is 0 Å². The van der Waals surface area contributed by atoms with E-state index in [1.54, 1.807) is 19.3 Å². The molecule has 0 atom stereocenters. The molecule has 0 aromatic carbocycles. The van der Waals surface area contributed by atoms with Crippen molar-refractivity contribution in [3.8, 4) is 0 Å². The highest BCUT2D eigenvalue weighted by Gasteiger charge is 1.98. The Labute approximate surface area is 89.0 Å². The molecule has 0 aliphatic rings. The number of hydrogen-bond donors (Lipinski definition) is 0. The molecular formula is C11H14N2O2. The van der Waals surface area contributed by atoms with Crippen LogP contribution in [0.1, 0.15) is 19.0 Å². The lowest BCUT2D eigenvalue weighted by atomic mass is 10.4. The number of carbonyl (C=O) groups is 1. The Balaban J connectivity index is 2.26. The Bertz CT molecular complexity index is 323. The fourth-order valence-electron chi connectivity index (χ4n) is 0.999. The van der Waals surface area contributed by atoms with Crippen LogP contribution in [0.25, 0.3) is 0 Å². The molecule has 4 nitrogen and oxygen atoms in total. The van der Waals surface area contributed by atoms with E-state index in [1.165, 1.54) is 0 Å². The van der Waals surface area contributed by atoms with Gasteiger partial charge < -0.3 is 4.74 Å². The van der Waals surface area contributed by atoms with Gasteiger partial charge >= 0.3 is 5.97 Å². The number of pyridine rings is 1. The summed E-state index contributed by atoms with van der Waals surface area (Å²) in [6.45, 7) is 2.65. The van der Waals surface area contributed by atoms with Gasteiger partial charge in [0, 0.05) is 19.0 Å². The quantitative estimate of drug-likeness (QED) is 0.541. The summed E-state index contributed by atoms with van der Waals surface area (Å²) in [5.74, 6) is -0.212. The Morgan fingerprint density at radius 2 is 2.47 bits per heavy atom. The highest BCUT2D eigenvalue weighted by Crippen LogP contribution is 1.90. The maximum atomic E-state index is 10.9. The van der Waals surface area contributed by atoms with Crippen molar-refractivity contribution in [2.24, 2.45) is 4.99 Å². The summed E-state index contributed by atoms with van der Waals surface area (Å²) in [4.78, 5) is 19.1. The van der Waals surface area contributed by atoms with Crippen molar-refractivity contribution in [3.05, 3.63) is 30.1 Å². The predicted molar refractivity (Wildman–Crippen MR) is 57.9 cm³/mol. The lowest BCUT2D eigenvalue weighted by Gasteiger charge is -1.97. The third-order valence-electron chi connectivity index (χ3n) is 1.66. The summed E-state index contributed by atoms with van der Waals surface area (Å²) in [7, 11) is 0. The second-order valence-electron chi connectivity index (χ2n) is 2.84. The number of ether oxygens (including phenoxy) is 1. The minimum absolute atomic E-state index is 0.212. The van der Waals surface area contributed by atoms with Gasteiger partial charge in [0.2, 0.25) is 0 Å². The van der Waals surface area contributed by atoms with Gasteiger partial charge in [0.05, 0.1) is 18.7 Å². The zero-order valence-electron chi connectivity index (χ0n) is 8.72. The number of aliphatic imine (C=N–C) groups is 1. The average molecular weight is 206 g/mol. The van der Waals surface area contributed by atoms with E-state index in [-0.39, 0.29) is 5.97 Å². The van der Waals surface area contributed by atoms with E-state index in [4.69, 9.17) is 4.74 Å². The van der Waals surface area contributed by atoms with Gasteiger partial charge in [-0.1, -0.05) is 6.07 Å². The van der Waals surface area contributed by atoms with Crippen molar-refractivity contribution in [1.29, 1.82) is 0 Å². The first kappa shape index (κ1) is 11.4. The normalized spacial score (nSPS) is 10.5. The lowest BCUT2D eigenvalue weighted by molar-refractivity contribution is -0.142. The summed E-state index contributed by atoms with van der Waals surface area (Å²) >= 11 is 0. The Kier molecular flexibility index (Phi) is 5.08. The highest BCUT2D eigenvalue weighted by atomic mass is 16.5. The molecule has 0 fully saturated rings. The van der Waals surface area contributed by atoms with Crippen molar-refractivity contribution >= 4 is 12.2 Å². The maximum Gasteiger partial charge on any atom is 0.307 e.